The Morgan fingerprint density at radius 3 is 2.92 bits per heavy atom. The first kappa shape index (κ1) is 17.5. The first-order chi connectivity index (χ1) is 12.1. The minimum absolute atomic E-state index is 0.0638. The van der Waals surface area contributed by atoms with Crippen molar-refractivity contribution in [2.45, 2.75) is 6.54 Å². The first-order valence-corrected chi connectivity index (χ1v) is 8.55. The maximum atomic E-state index is 13.9. The van der Waals surface area contributed by atoms with Gasteiger partial charge in [-0.15, -0.1) is 16.4 Å². The average Bonchev–Trinajstić information content (AvgIpc) is 3.24. The number of aromatic nitrogens is 3. The lowest BCUT2D eigenvalue weighted by Gasteiger charge is -2.09. The van der Waals surface area contributed by atoms with Crippen molar-refractivity contribution < 1.29 is 13.9 Å². The van der Waals surface area contributed by atoms with Gasteiger partial charge in [-0.2, -0.15) is 9.67 Å². The highest BCUT2D eigenvalue weighted by Gasteiger charge is 2.18. The number of nitrogens with zero attached hydrogens (tertiary/aromatic N) is 3. The van der Waals surface area contributed by atoms with Crippen LogP contribution in [0, 0.1) is 5.82 Å². The fraction of sp³-hybridized carbons (Fsp3) is 0.188. The summed E-state index contributed by atoms with van der Waals surface area (Å²) >= 11 is 7.48. The molecule has 0 amide bonds. The molecule has 3 aromatic rings. The number of thiophene rings is 1. The lowest BCUT2D eigenvalue weighted by molar-refractivity contribution is 0.0748. The van der Waals surface area contributed by atoms with E-state index in [1.54, 1.807) is 6.07 Å². The summed E-state index contributed by atoms with van der Waals surface area (Å²) in [6, 6.07) is 8.16. The van der Waals surface area contributed by atoms with Gasteiger partial charge in [0.2, 0.25) is 5.95 Å². The molecule has 0 atom stereocenters. The Bertz CT molecular complexity index is 862. The quantitative estimate of drug-likeness (QED) is 0.706. The summed E-state index contributed by atoms with van der Waals surface area (Å²) in [6.45, 7) is -0.0866. The van der Waals surface area contributed by atoms with Crippen LogP contribution in [0.4, 0.5) is 10.3 Å². The largest absolute Gasteiger partial charge is 0.375 e. The van der Waals surface area contributed by atoms with Gasteiger partial charge < -0.3 is 10.1 Å². The zero-order valence-corrected chi connectivity index (χ0v) is 14.8. The molecule has 0 radical (unpaired) electrons. The molecule has 0 spiro atoms. The second kappa shape index (κ2) is 7.73. The molecule has 0 aliphatic heterocycles. The third-order valence-electron chi connectivity index (χ3n) is 3.34. The molecule has 1 aromatic carbocycles. The third-order valence-corrected chi connectivity index (χ3v) is 4.56. The lowest BCUT2D eigenvalue weighted by Crippen LogP contribution is -2.20. The van der Waals surface area contributed by atoms with E-state index in [4.69, 9.17) is 16.3 Å². The summed E-state index contributed by atoms with van der Waals surface area (Å²) in [5.41, 5.74) is 0.288. The summed E-state index contributed by atoms with van der Waals surface area (Å²) in [5, 5.41) is 9.33. The van der Waals surface area contributed by atoms with Crippen LogP contribution in [0.5, 0.6) is 0 Å². The molecule has 25 heavy (non-hydrogen) atoms. The first-order valence-electron chi connectivity index (χ1n) is 7.30. The van der Waals surface area contributed by atoms with Crippen molar-refractivity contribution >= 4 is 34.8 Å². The number of carbonyl (C=O) groups excluding carboxylic acids is 1. The molecule has 6 nitrogen and oxygen atoms in total. The topological polar surface area (TPSA) is 69.0 Å². The van der Waals surface area contributed by atoms with Gasteiger partial charge in [-0.1, -0.05) is 23.7 Å². The van der Waals surface area contributed by atoms with Crippen LogP contribution < -0.4 is 5.32 Å². The number of hydrogen-bond acceptors (Lipinski definition) is 6. The molecule has 0 aliphatic carbocycles. The highest BCUT2D eigenvalue weighted by Crippen LogP contribution is 2.24. The van der Waals surface area contributed by atoms with Crippen molar-refractivity contribution in [3.05, 3.63) is 52.1 Å². The predicted molar refractivity (Wildman–Crippen MR) is 94.6 cm³/mol. The van der Waals surface area contributed by atoms with E-state index in [-0.39, 0.29) is 30.6 Å². The fourth-order valence-electron chi connectivity index (χ4n) is 2.16. The number of halogens is 2. The molecule has 130 valence electrons. The molecule has 3 rings (SSSR count). The molecule has 0 fully saturated rings. The van der Waals surface area contributed by atoms with Crippen molar-refractivity contribution in [1.82, 2.24) is 14.8 Å². The smallest absolute Gasteiger partial charge is 0.276 e. The SMILES string of the molecule is COCC(=O)n1nc(-c2cccs2)nc1NCc1c(F)cccc1Cl. The summed E-state index contributed by atoms with van der Waals surface area (Å²) in [4.78, 5) is 17.3. The van der Waals surface area contributed by atoms with Gasteiger partial charge in [0, 0.05) is 24.2 Å². The number of benzene rings is 1. The van der Waals surface area contributed by atoms with E-state index in [9.17, 15) is 9.18 Å². The van der Waals surface area contributed by atoms with Crippen molar-refractivity contribution in [2.75, 3.05) is 19.0 Å². The van der Waals surface area contributed by atoms with Gasteiger partial charge in [0.25, 0.3) is 5.91 Å². The molecule has 0 bridgehead atoms. The van der Waals surface area contributed by atoms with E-state index >= 15 is 0 Å². The summed E-state index contributed by atoms with van der Waals surface area (Å²) in [5.74, 6) is -0.223. The fourth-order valence-corrected chi connectivity index (χ4v) is 3.05. The number of rotatable bonds is 6. The number of ether oxygens (including phenoxy) is 1. The molecule has 0 aliphatic rings. The van der Waals surface area contributed by atoms with Crippen molar-refractivity contribution in [3.8, 4) is 10.7 Å². The van der Waals surface area contributed by atoms with Crippen molar-refractivity contribution in [3.63, 3.8) is 0 Å². The van der Waals surface area contributed by atoms with E-state index in [0.29, 0.717) is 10.8 Å². The Morgan fingerprint density at radius 2 is 2.24 bits per heavy atom. The van der Waals surface area contributed by atoms with Crippen molar-refractivity contribution in [2.24, 2.45) is 0 Å². The van der Waals surface area contributed by atoms with Crippen LogP contribution in [0.15, 0.2) is 35.7 Å². The highest BCUT2D eigenvalue weighted by atomic mass is 35.5. The second-order valence-corrected chi connectivity index (χ2v) is 6.38. The highest BCUT2D eigenvalue weighted by molar-refractivity contribution is 7.13. The number of carbonyl (C=O) groups is 1. The monoisotopic (exact) mass is 380 g/mol. The molecule has 2 heterocycles. The zero-order valence-electron chi connectivity index (χ0n) is 13.2. The molecule has 9 heteroatoms. The maximum Gasteiger partial charge on any atom is 0.276 e. The van der Waals surface area contributed by atoms with Crippen LogP contribution in [0.3, 0.4) is 0 Å². The van der Waals surface area contributed by atoms with E-state index in [1.165, 1.54) is 30.6 Å². The minimum atomic E-state index is -0.437. The van der Waals surface area contributed by atoms with Gasteiger partial charge in [-0.25, -0.2) is 4.39 Å². The van der Waals surface area contributed by atoms with Crippen LogP contribution in [-0.4, -0.2) is 34.4 Å². The molecular formula is C16H14ClFN4O2S. The Hall–Kier alpha value is -2.29. The molecule has 0 saturated heterocycles. The molecule has 2 aromatic heterocycles. The van der Waals surface area contributed by atoms with E-state index in [2.05, 4.69) is 15.4 Å². The van der Waals surface area contributed by atoms with E-state index < -0.39 is 5.82 Å². The second-order valence-electron chi connectivity index (χ2n) is 5.03. The number of nitrogens with one attached hydrogen (secondary N) is 1. The van der Waals surface area contributed by atoms with Gasteiger partial charge in [-0.05, 0) is 23.6 Å². The van der Waals surface area contributed by atoms with Gasteiger partial charge >= 0.3 is 0 Å². The molecule has 0 saturated carbocycles. The zero-order chi connectivity index (χ0) is 17.8. The van der Waals surface area contributed by atoms with Gasteiger partial charge in [0.1, 0.15) is 12.4 Å². The predicted octanol–water partition coefficient (Wildman–Crippen LogP) is 3.70. The molecule has 1 N–H and O–H groups in total. The summed E-state index contributed by atoms with van der Waals surface area (Å²) in [6.07, 6.45) is 0. The minimum Gasteiger partial charge on any atom is -0.375 e. The van der Waals surface area contributed by atoms with Gasteiger partial charge in [-0.3, -0.25) is 4.79 Å². The number of anilines is 1. The Labute approximate surface area is 152 Å². The Kier molecular flexibility index (Phi) is 5.42. The van der Waals surface area contributed by atoms with Gasteiger partial charge in [0.05, 0.1) is 4.88 Å². The third kappa shape index (κ3) is 3.87. The Morgan fingerprint density at radius 1 is 1.40 bits per heavy atom. The molecule has 0 unspecified atom stereocenters. The average molecular weight is 381 g/mol. The standard InChI is InChI=1S/C16H14ClFN4O2S/c1-24-9-14(23)22-16(20-15(21-22)13-6-3-7-25-13)19-8-10-11(17)4-2-5-12(10)18/h2-7H,8-9H2,1H3,(H,19,20,21). The molecular weight excluding hydrogens is 367 g/mol. The number of hydrogen-bond donors (Lipinski definition) is 1. The van der Waals surface area contributed by atoms with Crippen LogP contribution in [-0.2, 0) is 11.3 Å². The summed E-state index contributed by atoms with van der Waals surface area (Å²) < 4.78 is 19.9. The van der Waals surface area contributed by atoms with Crippen LogP contribution >= 0.6 is 22.9 Å². The van der Waals surface area contributed by atoms with Crippen LogP contribution in [0.2, 0.25) is 5.02 Å². The van der Waals surface area contributed by atoms with Crippen LogP contribution in [0.25, 0.3) is 10.7 Å². The summed E-state index contributed by atoms with van der Waals surface area (Å²) in [7, 11) is 1.42. The maximum absolute atomic E-state index is 13.9. The lowest BCUT2D eigenvalue weighted by atomic mass is 10.2. The number of methoxy groups -OCH3 is 1. The van der Waals surface area contributed by atoms with E-state index in [1.807, 2.05) is 17.5 Å². The van der Waals surface area contributed by atoms with Crippen LogP contribution in [0.1, 0.15) is 10.4 Å². The Balaban J connectivity index is 1.90. The normalized spacial score (nSPS) is 10.8. The van der Waals surface area contributed by atoms with Crippen molar-refractivity contribution in [1.29, 1.82) is 0 Å². The van der Waals surface area contributed by atoms with E-state index in [0.717, 1.165) is 9.56 Å². The van der Waals surface area contributed by atoms with Gasteiger partial charge in [0.15, 0.2) is 5.82 Å².